The van der Waals surface area contributed by atoms with Gasteiger partial charge < -0.3 is 5.11 Å². The van der Waals surface area contributed by atoms with Crippen molar-refractivity contribution in [3.05, 3.63) is 16.3 Å². The van der Waals surface area contributed by atoms with Crippen molar-refractivity contribution in [3.8, 4) is 12.3 Å². The average Bonchev–Trinajstić information content (AvgIpc) is 2.74. The van der Waals surface area contributed by atoms with Crippen molar-refractivity contribution in [3.63, 3.8) is 0 Å². The van der Waals surface area contributed by atoms with E-state index in [-0.39, 0.29) is 16.3 Å². The smallest absolute Gasteiger partial charge is 0.345 e. The molecule has 0 atom stereocenters. The molecule has 0 saturated carbocycles. The summed E-state index contributed by atoms with van der Waals surface area (Å²) in [5.74, 6) is 1.27. The van der Waals surface area contributed by atoms with Gasteiger partial charge in [0.2, 0.25) is 10.0 Å². The largest absolute Gasteiger partial charge is 0.477 e. The van der Waals surface area contributed by atoms with Crippen LogP contribution in [0.3, 0.4) is 0 Å². The standard InChI is InChI=1S/C10H11NO4S2/c1-2-3-4-5-11-17(14,15)8-6-9(10(12)13)16-7-8/h1,6-7,11H,3-5H2,(H,12,13). The van der Waals surface area contributed by atoms with E-state index >= 15 is 0 Å². The number of sulfonamides is 1. The van der Waals surface area contributed by atoms with Crippen molar-refractivity contribution in [2.75, 3.05) is 6.54 Å². The number of nitrogens with one attached hydrogen (secondary N) is 1. The van der Waals surface area contributed by atoms with E-state index < -0.39 is 16.0 Å². The first-order valence-electron chi connectivity index (χ1n) is 4.72. The fourth-order valence-electron chi connectivity index (χ4n) is 1.05. The van der Waals surface area contributed by atoms with Crippen LogP contribution in [0.4, 0.5) is 0 Å². The zero-order valence-electron chi connectivity index (χ0n) is 8.84. The molecule has 0 amide bonds. The zero-order chi connectivity index (χ0) is 12.9. The Hall–Kier alpha value is -1.36. The van der Waals surface area contributed by atoms with E-state index in [9.17, 15) is 13.2 Å². The highest BCUT2D eigenvalue weighted by molar-refractivity contribution is 7.89. The maximum atomic E-state index is 11.7. The number of carboxylic acid groups (broad SMARTS) is 1. The minimum absolute atomic E-state index is 0.00556. The van der Waals surface area contributed by atoms with Gasteiger partial charge in [0, 0.05) is 18.3 Å². The number of aromatic carboxylic acids is 1. The molecule has 0 bridgehead atoms. The van der Waals surface area contributed by atoms with Crippen molar-refractivity contribution in [1.29, 1.82) is 0 Å². The first-order valence-corrected chi connectivity index (χ1v) is 7.08. The van der Waals surface area contributed by atoms with Gasteiger partial charge in [0.25, 0.3) is 0 Å². The third kappa shape index (κ3) is 3.85. The molecule has 7 heteroatoms. The number of rotatable bonds is 6. The maximum Gasteiger partial charge on any atom is 0.345 e. The first kappa shape index (κ1) is 13.7. The van der Waals surface area contributed by atoms with Crippen molar-refractivity contribution in [2.45, 2.75) is 17.7 Å². The predicted octanol–water partition coefficient (Wildman–Crippen LogP) is 1.14. The molecular formula is C10H11NO4S2. The summed E-state index contributed by atoms with van der Waals surface area (Å²) in [4.78, 5) is 10.6. The normalized spacial score (nSPS) is 11.0. The Morgan fingerprint density at radius 3 is 2.82 bits per heavy atom. The summed E-state index contributed by atoms with van der Waals surface area (Å²) in [6.07, 6.45) is 6.08. The molecule has 92 valence electrons. The van der Waals surface area contributed by atoms with Crippen molar-refractivity contribution in [2.24, 2.45) is 0 Å². The molecular weight excluding hydrogens is 262 g/mol. The van der Waals surface area contributed by atoms with Crippen LogP contribution in [0.2, 0.25) is 0 Å². The number of unbranched alkanes of at least 4 members (excludes halogenated alkanes) is 1. The van der Waals surface area contributed by atoms with Gasteiger partial charge in [0.15, 0.2) is 0 Å². The lowest BCUT2D eigenvalue weighted by Gasteiger charge is -2.02. The molecule has 0 aliphatic carbocycles. The summed E-state index contributed by atoms with van der Waals surface area (Å²) in [5.41, 5.74) is 0. The van der Waals surface area contributed by atoms with E-state index in [1.165, 1.54) is 5.38 Å². The molecule has 1 rings (SSSR count). The van der Waals surface area contributed by atoms with Gasteiger partial charge in [0.05, 0.1) is 4.90 Å². The second kappa shape index (κ2) is 5.82. The fraction of sp³-hybridized carbons (Fsp3) is 0.300. The lowest BCUT2D eigenvalue weighted by atomic mass is 10.3. The zero-order valence-corrected chi connectivity index (χ0v) is 10.5. The third-order valence-corrected chi connectivity index (χ3v) is 4.39. The predicted molar refractivity (Wildman–Crippen MR) is 64.5 cm³/mol. The summed E-state index contributed by atoms with van der Waals surface area (Å²) < 4.78 is 25.7. The minimum atomic E-state index is -3.62. The SMILES string of the molecule is C#CCCCNS(=O)(=O)c1csc(C(=O)O)c1. The van der Waals surface area contributed by atoms with E-state index in [0.29, 0.717) is 12.8 Å². The molecule has 17 heavy (non-hydrogen) atoms. The summed E-state index contributed by atoms with van der Waals surface area (Å²) in [6, 6.07) is 1.14. The number of hydrogen-bond acceptors (Lipinski definition) is 4. The quantitative estimate of drug-likeness (QED) is 0.601. The highest BCUT2D eigenvalue weighted by Gasteiger charge is 2.17. The Kier molecular flexibility index (Phi) is 4.69. The van der Waals surface area contributed by atoms with Gasteiger partial charge in [-0.1, -0.05) is 0 Å². The van der Waals surface area contributed by atoms with Crippen LogP contribution < -0.4 is 4.72 Å². The molecule has 0 radical (unpaired) electrons. The summed E-state index contributed by atoms with van der Waals surface area (Å²) in [7, 11) is -3.62. The third-order valence-electron chi connectivity index (χ3n) is 1.89. The van der Waals surface area contributed by atoms with Crippen molar-refractivity contribution < 1.29 is 18.3 Å². The van der Waals surface area contributed by atoms with Crippen LogP contribution >= 0.6 is 11.3 Å². The highest BCUT2D eigenvalue weighted by Crippen LogP contribution is 2.18. The van der Waals surface area contributed by atoms with Crippen LogP contribution in [0.15, 0.2) is 16.3 Å². The Labute approximate surface area is 104 Å². The lowest BCUT2D eigenvalue weighted by molar-refractivity contribution is 0.0702. The van der Waals surface area contributed by atoms with Gasteiger partial charge in [-0.25, -0.2) is 17.9 Å². The summed E-state index contributed by atoms with van der Waals surface area (Å²) in [6.45, 7) is 0.241. The summed E-state index contributed by atoms with van der Waals surface area (Å²) >= 11 is 0.877. The Morgan fingerprint density at radius 1 is 1.59 bits per heavy atom. The topological polar surface area (TPSA) is 83.5 Å². The molecule has 0 aliphatic rings. The molecule has 1 heterocycles. The Morgan fingerprint density at radius 2 is 2.29 bits per heavy atom. The number of thiophene rings is 1. The average molecular weight is 273 g/mol. The molecule has 0 aliphatic heterocycles. The molecule has 0 fully saturated rings. The van der Waals surface area contributed by atoms with Crippen LogP contribution in [-0.4, -0.2) is 26.0 Å². The van der Waals surface area contributed by atoms with Crippen molar-refractivity contribution in [1.82, 2.24) is 4.72 Å². The van der Waals surface area contributed by atoms with Gasteiger partial charge in [0.1, 0.15) is 4.88 Å². The molecule has 0 saturated heterocycles. The minimum Gasteiger partial charge on any atom is -0.477 e. The molecule has 2 N–H and O–H groups in total. The van der Waals surface area contributed by atoms with Gasteiger partial charge in [-0.05, 0) is 12.5 Å². The highest BCUT2D eigenvalue weighted by atomic mass is 32.2. The van der Waals surface area contributed by atoms with Crippen LogP contribution in [-0.2, 0) is 10.0 Å². The monoisotopic (exact) mass is 273 g/mol. The Balaban J connectivity index is 2.69. The molecule has 0 spiro atoms. The number of carboxylic acids is 1. The molecule has 5 nitrogen and oxygen atoms in total. The Bertz CT molecular complexity index is 539. The van der Waals surface area contributed by atoms with Gasteiger partial charge in [-0.15, -0.1) is 23.7 Å². The second-order valence-corrected chi connectivity index (χ2v) is 5.84. The van der Waals surface area contributed by atoms with Gasteiger partial charge in [-0.2, -0.15) is 0 Å². The van der Waals surface area contributed by atoms with Gasteiger partial charge >= 0.3 is 5.97 Å². The second-order valence-electron chi connectivity index (χ2n) is 3.16. The van der Waals surface area contributed by atoms with E-state index in [1.807, 2.05) is 0 Å². The number of carbonyl (C=O) groups is 1. The van der Waals surface area contributed by atoms with E-state index in [1.54, 1.807) is 0 Å². The van der Waals surface area contributed by atoms with Gasteiger partial charge in [-0.3, -0.25) is 0 Å². The lowest BCUT2D eigenvalue weighted by Crippen LogP contribution is -2.24. The maximum absolute atomic E-state index is 11.7. The fourth-order valence-corrected chi connectivity index (χ4v) is 3.24. The summed E-state index contributed by atoms with van der Waals surface area (Å²) in [5, 5.41) is 9.98. The molecule has 0 unspecified atom stereocenters. The van der Waals surface area contributed by atoms with Crippen LogP contribution in [0.25, 0.3) is 0 Å². The molecule has 1 aromatic rings. The molecule has 0 aromatic carbocycles. The van der Waals surface area contributed by atoms with Crippen LogP contribution in [0.5, 0.6) is 0 Å². The van der Waals surface area contributed by atoms with E-state index in [4.69, 9.17) is 11.5 Å². The number of hydrogen-bond donors (Lipinski definition) is 2. The van der Waals surface area contributed by atoms with E-state index in [0.717, 1.165) is 17.4 Å². The first-order chi connectivity index (χ1) is 7.97. The van der Waals surface area contributed by atoms with Crippen LogP contribution in [0.1, 0.15) is 22.5 Å². The van der Waals surface area contributed by atoms with Crippen LogP contribution in [0, 0.1) is 12.3 Å². The van der Waals surface area contributed by atoms with Crippen molar-refractivity contribution >= 4 is 27.3 Å². The molecule has 1 aromatic heterocycles. The number of terminal acetylenes is 1. The van der Waals surface area contributed by atoms with E-state index in [2.05, 4.69) is 10.6 Å².